The number of nitrogens with one attached hydrogen (secondary N) is 1. The van der Waals surface area contributed by atoms with Gasteiger partial charge in [-0.2, -0.15) is 0 Å². The normalized spacial score (nSPS) is 38.0. The predicted molar refractivity (Wildman–Crippen MR) is 111 cm³/mol. The summed E-state index contributed by atoms with van der Waals surface area (Å²) >= 11 is 0. The van der Waals surface area contributed by atoms with Gasteiger partial charge in [0.05, 0.1) is 6.54 Å². The van der Waals surface area contributed by atoms with Gasteiger partial charge in [-0.15, -0.1) is 0 Å². The van der Waals surface area contributed by atoms with E-state index in [2.05, 4.69) is 50.3 Å². The Hall–Kier alpha value is -1.43. The van der Waals surface area contributed by atoms with Crippen LogP contribution in [0.25, 0.3) is 0 Å². The minimum Gasteiger partial charge on any atom is -0.351 e. The number of benzene rings is 1. The van der Waals surface area contributed by atoms with Gasteiger partial charge >= 0.3 is 0 Å². The summed E-state index contributed by atoms with van der Waals surface area (Å²) in [4.78, 5) is 20.7. The van der Waals surface area contributed by atoms with Crippen molar-refractivity contribution in [2.24, 2.45) is 5.92 Å². The molecule has 2 unspecified atom stereocenters. The van der Waals surface area contributed by atoms with Crippen molar-refractivity contribution >= 4 is 5.91 Å². The summed E-state index contributed by atoms with van der Waals surface area (Å²) in [5.74, 6) is 0.761. The van der Waals surface area contributed by atoms with Crippen LogP contribution in [0.2, 0.25) is 0 Å². The summed E-state index contributed by atoms with van der Waals surface area (Å²) in [6.45, 7) is 9.44. The minimum atomic E-state index is 0.0212. The van der Waals surface area contributed by atoms with Crippen LogP contribution in [-0.2, 0) is 10.2 Å². The van der Waals surface area contributed by atoms with Crippen molar-refractivity contribution < 1.29 is 4.79 Å². The first kappa shape index (κ1) is 18.6. The number of amides is 1. The minimum absolute atomic E-state index is 0.0212. The Morgan fingerprint density at radius 3 is 2.21 bits per heavy atom. The van der Waals surface area contributed by atoms with E-state index in [1.54, 1.807) is 0 Å². The average Bonchev–Trinajstić information content (AvgIpc) is 3.10. The van der Waals surface area contributed by atoms with Crippen LogP contribution < -0.4 is 5.32 Å². The third kappa shape index (κ3) is 3.49. The van der Waals surface area contributed by atoms with Crippen LogP contribution in [0.3, 0.4) is 0 Å². The second-order valence-corrected chi connectivity index (χ2v) is 9.49. The van der Waals surface area contributed by atoms with Gasteiger partial charge < -0.3 is 15.1 Å². The highest BCUT2D eigenvalue weighted by Crippen LogP contribution is 2.43. The van der Waals surface area contributed by atoms with E-state index in [4.69, 9.17) is 0 Å². The fourth-order valence-electron chi connectivity index (χ4n) is 6.29. The van der Waals surface area contributed by atoms with Crippen LogP contribution in [0, 0.1) is 5.92 Å². The summed E-state index contributed by atoms with van der Waals surface area (Å²) < 4.78 is 0. The molecule has 5 fully saturated rings. The number of piperidine rings is 2. The molecule has 0 aliphatic carbocycles. The molecule has 0 aromatic heterocycles. The monoisotopic (exact) mass is 382 g/mol. The van der Waals surface area contributed by atoms with Crippen molar-refractivity contribution in [3.05, 3.63) is 35.9 Å². The fraction of sp³-hybridized carbons (Fsp3) is 0.696. The van der Waals surface area contributed by atoms with E-state index in [-0.39, 0.29) is 17.4 Å². The highest BCUT2D eigenvalue weighted by Gasteiger charge is 2.55. The van der Waals surface area contributed by atoms with Crippen LogP contribution in [0.15, 0.2) is 30.3 Å². The molecule has 1 N–H and O–H groups in total. The Bertz CT molecular complexity index is 669. The average molecular weight is 383 g/mol. The Balaban J connectivity index is 1.38. The molecule has 5 nitrogen and oxygen atoms in total. The van der Waals surface area contributed by atoms with Gasteiger partial charge in [0.2, 0.25) is 5.91 Å². The van der Waals surface area contributed by atoms with E-state index in [0.717, 1.165) is 39.3 Å². The summed E-state index contributed by atoms with van der Waals surface area (Å²) in [5.41, 5.74) is 1.42. The first-order chi connectivity index (χ1) is 13.7. The van der Waals surface area contributed by atoms with Gasteiger partial charge in [0.25, 0.3) is 0 Å². The van der Waals surface area contributed by atoms with Crippen molar-refractivity contribution in [1.82, 2.24) is 20.0 Å². The van der Waals surface area contributed by atoms with Gasteiger partial charge in [0, 0.05) is 56.6 Å². The zero-order valence-corrected chi connectivity index (χ0v) is 17.0. The van der Waals surface area contributed by atoms with Crippen LogP contribution in [-0.4, -0.2) is 85.6 Å². The first-order valence-electron chi connectivity index (χ1n) is 11.2. The number of fused-ring (bicyclic) bond motifs is 1. The number of hydrogen-bond acceptors (Lipinski definition) is 4. The topological polar surface area (TPSA) is 38.8 Å². The number of nitrogens with zero attached hydrogens (tertiary/aromatic N) is 3. The molecular weight excluding hydrogens is 348 g/mol. The molecule has 0 radical (unpaired) electrons. The molecule has 5 heterocycles. The Kier molecular flexibility index (Phi) is 5.16. The van der Waals surface area contributed by atoms with E-state index in [0.29, 0.717) is 12.5 Å². The molecule has 0 saturated carbocycles. The maximum atomic E-state index is 13.1. The van der Waals surface area contributed by atoms with Crippen molar-refractivity contribution in [2.75, 3.05) is 58.9 Å². The molecule has 1 aromatic carbocycles. The maximum Gasteiger partial charge on any atom is 0.234 e. The Morgan fingerprint density at radius 1 is 0.929 bits per heavy atom. The van der Waals surface area contributed by atoms with Crippen LogP contribution in [0.4, 0.5) is 0 Å². The van der Waals surface area contributed by atoms with E-state index >= 15 is 0 Å². The van der Waals surface area contributed by atoms with Crippen LogP contribution in [0.5, 0.6) is 0 Å². The second-order valence-electron chi connectivity index (χ2n) is 9.49. The fourth-order valence-corrected chi connectivity index (χ4v) is 6.29. The second kappa shape index (κ2) is 7.77. The van der Waals surface area contributed by atoms with E-state index in [9.17, 15) is 4.79 Å². The van der Waals surface area contributed by atoms with Gasteiger partial charge in [-0.25, -0.2) is 0 Å². The summed E-state index contributed by atoms with van der Waals surface area (Å²) in [7, 11) is 0. The molecule has 5 heteroatoms. The number of carbonyl (C=O) groups is 1. The molecule has 28 heavy (non-hydrogen) atoms. The Morgan fingerprint density at radius 2 is 1.57 bits per heavy atom. The van der Waals surface area contributed by atoms with Gasteiger partial charge in [-0.1, -0.05) is 43.2 Å². The van der Waals surface area contributed by atoms with Crippen molar-refractivity contribution in [3.63, 3.8) is 0 Å². The lowest BCUT2D eigenvalue weighted by atomic mass is 9.64. The molecule has 0 spiro atoms. The molecule has 152 valence electrons. The number of likely N-dealkylation sites (tertiary alicyclic amines) is 1. The molecule has 1 amide bonds. The van der Waals surface area contributed by atoms with Crippen molar-refractivity contribution in [1.29, 1.82) is 0 Å². The van der Waals surface area contributed by atoms with E-state index in [1.807, 2.05) is 0 Å². The molecule has 5 aliphatic rings. The molecule has 1 aromatic rings. The molecule has 3 atom stereocenters. The van der Waals surface area contributed by atoms with Gasteiger partial charge in [0.15, 0.2) is 0 Å². The van der Waals surface area contributed by atoms with Crippen molar-refractivity contribution in [2.45, 2.75) is 37.1 Å². The lowest BCUT2D eigenvalue weighted by Crippen LogP contribution is -2.71. The summed E-state index contributed by atoms with van der Waals surface area (Å²) in [6.07, 6.45) is 5.09. The molecule has 5 saturated heterocycles. The van der Waals surface area contributed by atoms with Crippen LogP contribution in [0.1, 0.15) is 31.2 Å². The van der Waals surface area contributed by atoms with Gasteiger partial charge in [-0.05, 0) is 31.5 Å². The maximum absolute atomic E-state index is 13.1. The van der Waals surface area contributed by atoms with Gasteiger partial charge in [-0.3, -0.25) is 9.69 Å². The smallest absolute Gasteiger partial charge is 0.234 e. The largest absolute Gasteiger partial charge is 0.351 e. The highest BCUT2D eigenvalue weighted by molar-refractivity contribution is 5.78. The number of hydrogen-bond donors (Lipinski definition) is 1. The SMILES string of the molecule is O=C(CN1CCCCCC1)N[C@@H]1C2CN3CCN(C2)CC1(c1ccccc1)C3. The lowest BCUT2D eigenvalue weighted by molar-refractivity contribution is -0.125. The lowest BCUT2D eigenvalue weighted by Gasteiger charge is -2.56. The summed E-state index contributed by atoms with van der Waals surface area (Å²) in [5, 5.41) is 3.56. The zero-order chi connectivity index (χ0) is 19.0. The zero-order valence-electron chi connectivity index (χ0n) is 17.0. The standard InChI is InChI=1S/C23H34N4O/c28-21(16-25-10-6-1-2-7-11-25)24-22-19-14-26-12-13-27(15-19)18-23(22,17-26)20-8-4-3-5-9-20/h3-5,8-9,19,22H,1-2,6-7,10-18H2,(H,24,28)/t19?,22-,23?/m1/s1. The van der Waals surface area contributed by atoms with Crippen molar-refractivity contribution in [3.8, 4) is 0 Å². The highest BCUT2D eigenvalue weighted by atomic mass is 16.2. The van der Waals surface area contributed by atoms with E-state index < -0.39 is 0 Å². The molecule has 4 bridgehead atoms. The third-order valence-corrected chi connectivity index (χ3v) is 7.53. The first-order valence-corrected chi connectivity index (χ1v) is 11.2. The predicted octanol–water partition coefficient (Wildman–Crippen LogP) is 1.55. The third-order valence-electron chi connectivity index (χ3n) is 7.53. The number of carbonyl (C=O) groups excluding carboxylic acids is 1. The van der Waals surface area contributed by atoms with E-state index in [1.165, 1.54) is 44.3 Å². The molecular formula is C23H34N4O. The molecule has 5 aliphatic heterocycles. The molecule has 6 rings (SSSR count). The number of rotatable bonds is 4. The van der Waals surface area contributed by atoms with Gasteiger partial charge in [0.1, 0.15) is 0 Å². The summed E-state index contributed by atoms with van der Waals surface area (Å²) in [6, 6.07) is 11.2. The van der Waals surface area contributed by atoms with Crippen LogP contribution >= 0.6 is 0 Å². The Labute approximate surface area is 169 Å². The quantitative estimate of drug-likeness (QED) is 0.858.